The number of aryl methyl sites for hydroxylation is 2. The number of hydrogen-bond donors (Lipinski definition) is 8. The molecule has 0 saturated carbocycles. The molecule has 0 heterocycles. The van der Waals surface area contributed by atoms with E-state index in [0.29, 0.717) is 21.9 Å². The lowest BCUT2D eigenvalue weighted by molar-refractivity contribution is -0.133. The highest BCUT2D eigenvalue weighted by Crippen LogP contribution is 2.33. The molecule has 0 fully saturated rings. The number of fused-ring (bicyclic) bond motifs is 2. The van der Waals surface area contributed by atoms with Crippen molar-refractivity contribution < 1.29 is 55.3 Å². The monoisotopic (exact) mass is 798 g/mol. The highest BCUT2D eigenvalue weighted by atomic mass is 32.2. The number of benzene rings is 6. The molecule has 0 aromatic heterocycles. The van der Waals surface area contributed by atoms with Gasteiger partial charge in [-0.3, -0.25) is 28.3 Å². The van der Waals surface area contributed by atoms with Crippen LogP contribution in [-0.2, 0) is 29.8 Å². The van der Waals surface area contributed by atoms with Crippen molar-refractivity contribution >= 4 is 88.2 Å². The molecule has 4 amide bonds. The molecule has 8 N–H and O–H groups in total. The first-order valence-corrected chi connectivity index (χ1v) is 19.1. The predicted molar refractivity (Wildman–Crippen MR) is 206 cm³/mol. The molecular formula is C38H30N4O12S2. The van der Waals surface area contributed by atoms with Crippen LogP contribution in [0.25, 0.3) is 21.5 Å². The maximum Gasteiger partial charge on any atom is 0.314 e. The van der Waals surface area contributed by atoms with Crippen LogP contribution in [0.5, 0.6) is 11.5 Å². The number of hydrogen-bond acceptors (Lipinski definition) is 10. The van der Waals surface area contributed by atoms with Crippen molar-refractivity contribution in [1.29, 1.82) is 0 Å². The summed E-state index contributed by atoms with van der Waals surface area (Å²) >= 11 is 0. The summed E-state index contributed by atoms with van der Waals surface area (Å²) < 4.78 is 64.9. The predicted octanol–water partition coefficient (Wildman–Crippen LogP) is 5.60. The number of carbonyl (C=O) groups excluding carboxylic acids is 4. The van der Waals surface area contributed by atoms with E-state index in [1.165, 1.54) is 72.8 Å². The Bertz CT molecular complexity index is 2700. The molecule has 0 aliphatic rings. The number of anilines is 4. The van der Waals surface area contributed by atoms with Gasteiger partial charge in [0.25, 0.3) is 32.1 Å². The first-order valence-electron chi connectivity index (χ1n) is 16.2. The van der Waals surface area contributed by atoms with Crippen LogP contribution >= 0.6 is 0 Å². The smallest absolute Gasteiger partial charge is 0.314 e. The molecule has 0 bridgehead atoms. The molecule has 6 aromatic rings. The van der Waals surface area contributed by atoms with Crippen LogP contribution in [0.3, 0.4) is 0 Å². The third kappa shape index (κ3) is 8.43. The van der Waals surface area contributed by atoms with Gasteiger partial charge in [0.1, 0.15) is 11.5 Å². The van der Waals surface area contributed by atoms with Crippen LogP contribution in [0.1, 0.15) is 31.8 Å². The maximum absolute atomic E-state index is 13.1. The minimum atomic E-state index is -4.51. The van der Waals surface area contributed by atoms with Crippen molar-refractivity contribution in [1.82, 2.24) is 0 Å². The number of phenols is 2. The van der Waals surface area contributed by atoms with Crippen LogP contribution in [0.4, 0.5) is 22.7 Å². The van der Waals surface area contributed by atoms with Gasteiger partial charge in [-0.25, -0.2) is 0 Å². The zero-order valence-electron chi connectivity index (χ0n) is 29.1. The van der Waals surface area contributed by atoms with E-state index in [-0.39, 0.29) is 56.1 Å². The van der Waals surface area contributed by atoms with Crippen LogP contribution in [0, 0.1) is 13.8 Å². The Kier molecular flexibility index (Phi) is 10.2. The average molecular weight is 799 g/mol. The molecular weight excluding hydrogens is 769 g/mol. The fourth-order valence-corrected chi connectivity index (χ4v) is 6.86. The summed E-state index contributed by atoms with van der Waals surface area (Å²) in [6.07, 6.45) is 0. The molecule has 6 rings (SSSR count). The zero-order chi connectivity index (χ0) is 40.7. The first-order chi connectivity index (χ1) is 26.3. The molecule has 286 valence electrons. The molecule has 0 aliphatic heterocycles. The largest absolute Gasteiger partial charge is 0.508 e. The van der Waals surface area contributed by atoms with Gasteiger partial charge in [0.05, 0.1) is 21.2 Å². The van der Waals surface area contributed by atoms with Crippen molar-refractivity contribution in [2.45, 2.75) is 23.6 Å². The van der Waals surface area contributed by atoms with Crippen molar-refractivity contribution in [2.24, 2.45) is 0 Å². The highest BCUT2D eigenvalue weighted by Gasteiger charge is 2.20. The minimum absolute atomic E-state index is 0.152. The molecule has 0 spiro atoms. The van der Waals surface area contributed by atoms with Gasteiger partial charge in [-0.2, -0.15) is 16.8 Å². The van der Waals surface area contributed by atoms with Crippen LogP contribution in [0.2, 0.25) is 0 Å². The Balaban J connectivity index is 1.10. The maximum atomic E-state index is 13.1. The SMILES string of the molecule is Cc1cc(C(=O)Nc2cc(O)cc3cc(S(=O)(=O)O)ccc23)ccc1NC(=O)C(=O)Nc1ccc(C(=O)Nc2cc(O)cc3cc(S(=O)(=O)O)ccc23)cc1C. The van der Waals surface area contributed by atoms with Gasteiger partial charge >= 0.3 is 11.8 Å². The number of amides is 4. The van der Waals surface area contributed by atoms with Gasteiger partial charge in [0.15, 0.2) is 0 Å². The van der Waals surface area contributed by atoms with Crippen LogP contribution in [-0.4, -0.2) is 59.8 Å². The average Bonchev–Trinajstić information content (AvgIpc) is 3.11. The van der Waals surface area contributed by atoms with E-state index in [2.05, 4.69) is 21.3 Å². The number of carbonyl (C=O) groups is 4. The van der Waals surface area contributed by atoms with Crippen molar-refractivity contribution in [2.75, 3.05) is 21.3 Å². The summed E-state index contributed by atoms with van der Waals surface area (Å²) in [5.74, 6) is -3.82. The summed E-state index contributed by atoms with van der Waals surface area (Å²) in [5.41, 5.74) is 1.90. The Morgan fingerprint density at radius 2 is 0.839 bits per heavy atom. The Hall–Kier alpha value is -6.86. The number of nitrogens with one attached hydrogen (secondary N) is 4. The second-order valence-electron chi connectivity index (χ2n) is 12.6. The second-order valence-corrected chi connectivity index (χ2v) is 15.4. The molecule has 16 nitrogen and oxygen atoms in total. The Morgan fingerprint density at radius 1 is 0.464 bits per heavy atom. The van der Waals surface area contributed by atoms with Gasteiger partial charge < -0.3 is 31.5 Å². The lowest BCUT2D eigenvalue weighted by Gasteiger charge is -2.14. The molecule has 0 aliphatic carbocycles. The molecule has 18 heteroatoms. The minimum Gasteiger partial charge on any atom is -0.508 e. The van der Waals surface area contributed by atoms with E-state index >= 15 is 0 Å². The highest BCUT2D eigenvalue weighted by molar-refractivity contribution is 7.86. The van der Waals surface area contributed by atoms with E-state index in [9.17, 15) is 55.3 Å². The van der Waals surface area contributed by atoms with Gasteiger partial charge in [0, 0.05) is 45.4 Å². The summed E-state index contributed by atoms with van der Waals surface area (Å²) in [6.45, 7) is 3.18. The quantitative estimate of drug-likeness (QED) is 0.0691. The molecule has 0 unspecified atom stereocenters. The van der Waals surface area contributed by atoms with Gasteiger partial charge in [-0.1, -0.05) is 12.1 Å². The fourth-order valence-electron chi connectivity index (χ4n) is 5.83. The van der Waals surface area contributed by atoms with E-state index in [1.54, 1.807) is 13.8 Å². The third-order valence-electron chi connectivity index (χ3n) is 8.59. The number of rotatable bonds is 8. The van der Waals surface area contributed by atoms with E-state index in [0.717, 1.165) is 24.3 Å². The van der Waals surface area contributed by atoms with Gasteiger partial charge in [-0.05, 0) is 109 Å². The van der Waals surface area contributed by atoms with E-state index in [4.69, 9.17) is 0 Å². The summed E-state index contributed by atoms with van der Waals surface area (Å²) in [5, 5.41) is 31.9. The summed E-state index contributed by atoms with van der Waals surface area (Å²) in [6, 6.07) is 20.9. The Labute approximate surface area is 318 Å². The lowest BCUT2D eigenvalue weighted by atomic mass is 10.1. The summed E-state index contributed by atoms with van der Waals surface area (Å²) in [4.78, 5) is 51.2. The second kappa shape index (κ2) is 14.8. The summed E-state index contributed by atoms with van der Waals surface area (Å²) in [7, 11) is -9.02. The fraction of sp³-hybridized carbons (Fsp3) is 0.0526. The molecule has 56 heavy (non-hydrogen) atoms. The van der Waals surface area contributed by atoms with E-state index in [1.807, 2.05) is 0 Å². The normalized spacial score (nSPS) is 11.6. The third-order valence-corrected chi connectivity index (χ3v) is 10.3. The Morgan fingerprint density at radius 3 is 1.18 bits per heavy atom. The standard InChI is InChI=1S/C38H30N4O12S2/c1-19-11-21(35(45)41-33-17-25(43)13-23-15-27(55(49,50)51)5-7-29(23)33)3-9-31(19)39-37(47)38(48)40-32-10-4-22(12-20(32)2)36(46)42-34-18-26(44)14-24-16-28(56(52,53)54)6-8-30(24)34/h3-18,43-44H,1-2H3,(H,39,47)(H,40,48)(H,41,45)(H,42,46)(H,49,50,51)(H,52,53,54). The van der Waals surface area contributed by atoms with Crippen molar-refractivity contribution in [3.8, 4) is 11.5 Å². The lowest BCUT2D eigenvalue weighted by Crippen LogP contribution is -2.29. The molecule has 6 aromatic carbocycles. The van der Waals surface area contributed by atoms with Crippen LogP contribution < -0.4 is 21.3 Å². The van der Waals surface area contributed by atoms with Crippen molar-refractivity contribution in [3.05, 3.63) is 119 Å². The topological polar surface area (TPSA) is 266 Å². The van der Waals surface area contributed by atoms with E-state index < -0.39 is 53.7 Å². The molecule has 0 radical (unpaired) electrons. The number of phenolic OH excluding ortho intramolecular Hbond substituents is 2. The first kappa shape index (κ1) is 38.9. The number of aromatic hydroxyl groups is 2. The van der Waals surface area contributed by atoms with Gasteiger partial charge in [-0.15, -0.1) is 0 Å². The molecule has 0 saturated heterocycles. The van der Waals surface area contributed by atoms with Crippen LogP contribution in [0.15, 0.2) is 107 Å². The van der Waals surface area contributed by atoms with Crippen molar-refractivity contribution in [3.63, 3.8) is 0 Å². The zero-order valence-corrected chi connectivity index (χ0v) is 30.7. The van der Waals surface area contributed by atoms with Gasteiger partial charge in [0.2, 0.25) is 0 Å². The molecule has 0 atom stereocenters.